The predicted molar refractivity (Wildman–Crippen MR) is 115 cm³/mol. The molecule has 0 aromatic heterocycles. The Morgan fingerprint density at radius 3 is 2.47 bits per heavy atom. The van der Waals surface area contributed by atoms with Crippen LogP contribution in [0.3, 0.4) is 0 Å². The van der Waals surface area contributed by atoms with Crippen molar-refractivity contribution in [2.45, 2.75) is 39.7 Å². The van der Waals surface area contributed by atoms with Crippen molar-refractivity contribution in [3.8, 4) is 0 Å². The highest BCUT2D eigenvalue weighted by molar-refractivity contribution is 6.05. The van der Waals surface area contributed by atoms with Crippen molar-refractivity contribution in [3.05, 3.63) is 77.5 Å². The van der Waals surface area contributed by atoms with Crippen LogP contribution in [-0.2, 0) is 14.3 Å². The molecule has 4 nitrogen and oxygen atoms in total. The Balaban J connectivity index is 1.66. The second-order valence-electron chi connectivity index (χ2n) is 9.64. The van der Waals surface area contributed by atoms with Gasteiger partial charge in [-0.05, 0) is 41.0 Å². The van der Waals surface area contributed by atoms with E-state index in [0.29, 0.717) is 13.0 Å². The lowest BCUT2D eigenvalue weighted by molar-refractivity contribution is -0.192. The molecule has 1 aliphatic carbocycles. The average molecular weight is 402 g/mol. The lowest BCUT2D eigenvalue weighted by Gasteiger charge is -2.51. The van der Waals surface area contributed by atoms with Crippen LogP contribution in [0, 0.1) is 16.2 Å². The molecule has 0 N–H and O–H groups in total. The van der Waals surface area contributed by atoms with E-state index >= 15 is 0 Å². The zero-order valence-corrected chi connectivity index (χ0v) is 17.7. The van der Waals surface area contributed by atoms with Crippen LogP contribution in [0.2, 0.25) is 0 Å². The molecule has 5 rings (SSSR count). The maximum atomic E-state index is 14.3. The molecule has 0 spiro atoms. The highest BCUT2D eigenvalue weighted by atomic mass is 16.5. The summed E-state index contributed by atoms with van der Waals surface area (Å²) in [6.45, 7) is 6.66. The number of amides is 1. The molecule has 2 aromatic rings. The molecule has 3 atom stereocenters. The third-order valence-electron chi connectivity index (χ3n) is 8.20. The number of rotatable bonds is 2. The van der Waals surface area contributed by atoms with Crippen LogP contribution < -0.4 is 0 Å². The fourth-order valence-electron chi connectivity index (χ4n) is 5.71. The Morgan fingerprint density at radius 1 is 1.00 bits per heavy atom. The SMILES string of the molecule is CC1(C)[C@@]2(C)CC[C@]1(C(=O)N1C=Cc3ccccc3[C@@H]1c1ccccc1)C(=O)OC2. The van der Waals surface area contributed by atoms with Gasteiger partial charge in [0, 0.05) is 11.6 Å². The van der Waals surface area contributed by atoms with Gasteiger partial charge < -0.3 is 9.64 Å². The van der Waals surface area contributed by atoms with Gasteiger partial charge in [0.05, 0.1) is 12.6 Å². The summed E-state index contributed by atoms with van der Waals surface area (Å²) in [4.78, 5) is 29.3. The van der Waals surface area contributed by atoms with Gasteiger partial charge in [-0.1, -0.05) is 75.4 Å². The van der Waals surface area contributed by atoms with Crippen molar-refractivity contribution < 1.29 is 14.3 Å². The van der Waals surface area contributed by atoms with Crippen molar-refractivity contribution in [2.24, 2.45) is 16.2 Å². The van der Waals surface area contributed by atoms with Gasteiger partial charge in [0.25, 0.3) is 0 Å². The maximum absolute atomic E-state index is 14.3. The Bertz CT molecular complexity index is 1060. The summed E-state index contributed by atoms with van der Waals surface area (Å²) in [5.41, 5.74) is 1.34. The largest absolute Gasteiger partial charge is 0.464 e. The molecule has 2 aliphatic heterocycles. The van der Waals surface area contributed by atoms with Gasteiger partial charge in [0.1, 0.15) is 0 Å². The first-order chi connectivity index (χ1) is 14.3. The molecule has 0 radical (unpaired) electrons. The Hall–Kier alpha value is -2.88. The molecule has 1 saturated carbocycles. The Kier molecular flexibility index (Phi) is 4.02. The molecule has 3 aliphatic rings. The summed E-state index contributed by atoms with van der Waals surface area (Å²) < 4.78 is 5.62. The number of esters is 1. The number of cyclic esters (lactones) is 1. The van der Waals surface area contributed by atoms with Crippen molar-refractivity contribution in [1.82, 2.24) is 4.90 Å². The first-order valence-electron chi connectivity index (χ1n) is 10.6. The fraction of sp³-hybridized carbons (Fsp3) is 0.385. The van der Waals surface area contributed by atoms with Crippen LogP contribution in [0.5, 0.6) is 0 Å². The minimum absolute atomic E-state index is 0.152. The fourth-order valence-corrected chi connectivity index (χ4v) is 5.71. The molecule has 0 unspecified atom stereocenters. The van der Waals surface area contributed by atoms with Gasteiger partial charge >= 0.3 is 5.97 Å². The molecular formula is C26H27NO3. The second kappa shape index (κ2) is 6.31. The minimum Gasteiger partial charge on any atom is -0.464 e. The quantitative estimate of drug-likeness (QED) is 0.528. The third kappa shape index (κ3) is 2.28. The van der Waals surface area contributed by atoms with Crippen LogP contribution in [0.15, 0.2) is 60.8 Å². The number of carbonyl (C=O) groups is 2. The van der Waals surface area contributed by atoms with E-state index in [4.69, 9.17) is 4.74 Å². The number of benzene rings is 2. The minimum atomic E-state index is -1.16. The van der Waals surface area contributed by atoms with Crippen LogP contribution >= 0.6 is 0 Å². The summed E-state index contributed by atoms with van der Waals surface area (Å²) in [6, 6.07) is 17.9. The van der Waals surface area contributed by atoms with Crippen LogP contribution in [0.4, 0.5) is 0 Å². The second-order valence-corrected chi connectivity index (χ2v) is 9.64. The highest BCUT2D eigenvalue weighted by Crippen LogP contribution is 2.66. The molecule has 30 heavy (non-hydrogen) atoms. The standard InChI is InChI=1S/C26H27NO3/c1-24(2)25(3)14-15-26(24,23(29)30-17-25)22(28)27-16-13-18-9-7-8-12-20(18)21(27)19-10-5-4-6-11-19/h4-13,16,21H,14-15,17H2,1-3H3/t21-,25-,26-/m0/s1. The average Bonchev–Trinajstić information content (AvgIpc) is 2.87. The number of fused-ring (bicyclic) bond motifs is 3. The summed E-state index contributed by atoms with van der Waals surface area (Å²) in [5.74, 6) is -0.521. The van der Waals surface area contributed by atoms with E-state index in [1.807, 2.05) is 54.7 Å². The summed E-state index contributed by atoms with van der Waals surface area (Å²) in [7, 11) is 0. The summed E-state index contributed by atoms with van der Waals surface area (Å²) >= 11 is 0. The van der Waals surface area contributed by atoms with Gasteiger partial charge in [-0.25, -0.2) is 0 Å². The van der Waals surface area contributed by atoms with Gasteiger partial charge in [-0.3, -0.25) is 9.59 Å². The summed E-state index contributed by atoms with van der Waals surface area (Å²) in [6.07, 6.45) is 5.16. The number of carbonyl (C=O) groups excluding carboxylic acids is 2. The number of hydrogen-bond acceptors (Lipinski definition) is 3. The van der Waals surface area contributed by atoms with Crippen LogP contribution in [0.25, 0.3) is 6.08 Å². The van der Waals surface area contributed by atoms with Gasteiger partial charge in [0.15, 0.2) is 5.41 Å². The molecule has 2 aromatic carbocycles. The van der Waals surface area contributed by atoms with Crippen LogP contribution in [-0.4, -0.2) is 23.4 Å². The Morgan fingerprint density at radius 2 is 1.70 bits per heavy atom. The van der Waals surface area contributed by atoms with Crippen LogP contribution in [0.1, 0.15) is 56.3 Å². The highest BCUT2D eigenvalue weighted by Gasteiger charge is 2.72. The van der Waals surface area contributed by atoms with E-state index in [-0.39, 0.29) is 23.3 Å². The molecule has 4 heteroatoms. The van der Waals surface area contributed by atoms with Gasteiger partial charge in [-0.2, -0.15) is 0 Å². The molecule has 2 fully saturated rings. The zero-order valence-electron chi connectivity index (χ0n) is 17.7. The van der Waals surface area contributed by atoms with E-state index in [2.05, 4.69) is 32.9 Å². The normalized spacial score (nSPS) is 31.2. The van der Waals surface area contributed by atoms with Gasteiger partial charge in [0.2, 0.25) is 5.91 Å². The van der Waals surface area contributed by atoms with Gasteiger partial charge in [-0.15, -0.1) is 0 Å². The lowest BCUT2D eigenvalue weighted by atomic mass is 9.57. The van der Waals surface area contributed by atoms with E-state index in [1.54, 1.807) is 4.90 Å². The topological polar surface area (TPSA) is 46.6 Å². The monoisotopic (exact) mass is 401 g/mol. The number of hydrogen-bond donors (Lipinski definition) is 0. The first-order valence-corrected chi connectivity index (χ1v) is 10.6. The molecular weight excluding hydrogens is 374 g/mol. The summed E-state index contributed by atoms with van der Waals surface area (Å²) in [5, 5.41) is 0. The molecule has 2 heterocycles. The molecule has 1 saturated heterocycles. The number of ether oxygens (including phenoxy) is 1. The lowest BCUT2D eigenvalue weighted by Crippen LogP contribution is -2.61. The van der Waals surface area contributed by atoms with Crippen molar-refractivity contribution >= 4 is 18.0 Å². The van der Waals surface area contributed by atoms with Crippen molar-refractivity contribution in [1.29, 1.82) is 0 Å². The van der Waals surface area contributed by atoms with Crippen molar-refractivity contribution in [3.63, 3.8) is 0 Å². The smallest absolute Gasteiger partial charge is 0.322 e. The van der Waals surface area contributed by atoms with E-state index in [9.17, 15) is 9.59 Å². The predicted octanol–water partition coefficient (Wildman–Crippen LogP) is 4.96. The third-order valence-corrected chi connectivity index (χ3v) is 8.20. The van der Waals surface area contributed by atoms with E-state index < -0.39 is 10.8 Å². The Labute approximate surface area is 177 Å². The van der Waals surface area contributed by atoms with E-state index in [1.165, 1.54) is 0 Å². The number of nitrogens with zero attached hydrogens (tertiary/aromatic N) is 1. The maximum Gasteiger partial charge on any atom is 0.322 e. The molecule has 1 amide bonds. The van der Waals surface area contributed by atoms with Crippen molar-refractivity contribution in [2.75, 3.05) is 6.61 Å². The molecule has 2 bridgehead atoms. The molecule has 154 valence electrons. The zero-order chi connectivity index (χ0) is 21.1. The first kappa shape index (κ1) is 19.1. The van der Waals surface area contributed by atoms with E-state index in [0.717, 1.165) is 23.1 Å².